The maximum Gasteiger partial charge on any atom is 0.274 e. The van der Waals surface area contributed by atoms with E-state index < -0.39 is 0 Å². The van der Waals surface area contributed by atoms with Gasteiger partial charge in [0, 0.05) is 26.2 Å². The molecule has 2 fully saturated rings. The van der Waals surface area contributed by atoms with Crippen LogP contribution in [0.4, 0.5) is 0 Å². The zero-order valence-electron chi connectivity index (χ0n) is 13.5. The minimum absolute atomic E-state index is 0.00480. The standard InChI is InChI=1S/C17H24N4O2/c22-16(18-9-12-3-4-12)13-5-6-14-15(19-11-21(14)10-13)17(23)20-7-1-2-8-20/h11-13H,1-10H2,(H,18,22). The first-order valence-electron chi connectivity index (χ1n) is 8.83. The molecule has 6 nitrogen and oxygen atoms in total. The summed E-state index contributed by atoms with van der Waals surface area (Å²) in [4.78, 5) is 31.1. The normalized spacial score (nSPS) is 23.7. The summed E-state index contributed by atoms with van der Waals surface area (Å²) in [5.41, 5.74) is 1.61. The van der Waals surface area contributed by atoms with Gasteiger partial charge >= 0.3 is 0 Å². The molecule has 1 saturated heterocycles. The van der Waals surface area contributed by atoms with Crippen LogP contribution in [-0.2, 0) is 17.8 Å². The first kappa shape index (κ1) is 14.7. The van der Waals surface area contributed by atoms with Gasteiger partial charge in [0.05, 0.1) is 17.9 Å². The number of carbonyl (C=O) groups is 2. The monoisotopic (exact) mass is 316 g/mol. The molecule has 6 heteroatoms. The summed E-state index contributed by atoms with van der Waals surface area (Å²) in [6.45, 7) is 3.16. The van der Waals surface area contributed by atoms with Crippen LogP contribution in [-0.4, -0.2) is 45.9 Å². The molecule has 0 aromatic carbocycles. The molecule has 1 atom stereocenters. The second-order valence-corrected chi connectivity index (χ2v) is 7.12. The van der Waals surface area contributed by atoms with Gasteiger partial charge < -0.3 is 14.8 Å². The van der Waals surface area contributed by atoms with Crippen molar-refractivity contribution in [3.05, 3.63) is 17.7 Å². The van der Waals surface area contributed by atoms with E-state index in [0.717, 1.165) is 51.0 Å². The molecule has 3 aliphatic rings. The summed E-state index contributed by atoms with van der Waals surface area (Å²) < 4.78 is 2.01. The third-order valence-corrected chi connectivity index (χ3v) is 5.32. The number of nitrogens with zero attached hydrogens (tertiary/aromatic N) is 3. The number of rotatable bonds is 4. The Bertz CT molecular complexity index is 614. The van der Waals surface area contributed by atoms with E-state index in [2.05, 4.69) is 10.3 Å². The van der Waals surface area contributed by atoms with Gasteiger partial charge in [-0.1, -0.05) is 0 Å². The van der Waals surface area contributed by atoms with Crippen LogP contribution in [0.25, 0.3) is 0 Å². The van der Waals surface area contributed by atoms with Gasteiger partial charge in [-0.05, 0) is 44.4 Å². The fourth-order valence-corrected chi connectivity index (χ4v) is 3.64. The summed E-state index contributed by atoms with van der Waals surface area (Å²) in [7, 11) is 0. The molecular formula is C17H24N4O2. The van der Waals surface area contributed by atoms with Crippen molar-refractivity contribution in [2.45, 2.75) is 45.1 Å². The molecule has 124 valence electrons. The molecule has 4 rings (SSSR count). The first-order chi connectivity index (χ1) is 11.2. The van der Waals surface area contributed by atoms with Crippen LogP contribution in [0.15, 0.2) is 6.33 Å². The van der Waals surface area contributed by atoms with Crippen LogP contribution in [0, 0.1) is 11.8 Å². The van der Waals surface area contributed by atoms with Gasteiger partial charge in [-0.15, -0.1) is 0 Å². The van der Waals surface area contributed by atoms with Gasteiger partial charge in [0.2, 0.25) is 5.91 Å². The summed E-state index contributed by atoms with van der Waals surface area (Å²) in [6.07, 6.45) is 7.98. The predicted molar refractivity (Wildman–Crippen MR) is 84.9 cm³/mol. The zero-order chi connectivity index (χ0) is 15.8. The lowest BCUT2D eigenvalue weighted by molar-refractivity contribution is -0.126. The van der Waals surface area contributed by atoms with Crippen molar-refractivity contribution in [2.75, 3.05) is 19.6 Å². The minimum atomic E-state index is 0.00480. The molecule has 0 bridgehead atoms. The number of nitrogens with one attached hydrogen (secondary N) is 1. The fraction of sp³-hybridized carbons (Fsp3) is 0.706. The lowest BCUT2D eigenvalue weighted by Crippen LogP contribution is -2.37. The van der Waals surface area contributed by atoms with Crippen molar-refractivity contribution in [1.29, 1.82) is 0 Å². The Hall–Kier alpha value is -1.85. The van der Waals surface area contributed by atoms with Gasteiger partial charge in [-0.2, -0.15) is 0 Å². The zero-order valence-corrected chi connectivity index (χ0v) is 13.5. The largest absolute Gasteiger partial charge is 0.356 e. The Morgan fingerprint density at radius 1 is 1.22 bits per heavy atom. The summed E-state index contributed by atoms with van der Waals surface area (Å²) in [5.74, 6) is 0.928. The molecular weight excluding hydrogens is 292 g/mol. The highest BCUT2D eigenvalue weighted by Crippen LogP contribution is 2.28. The average Bonchev–Trinajstić information content (AvgIpc) is 3.08. The Morgan fingerprint density at radius 3 is 2.74 bits per heavy atom. The van der Waals surface area contributed by atoms with Crippen molar-refractivity contribution in [2.24, 2.45) is 11.8 Å². The third-order valence-electron chi connectivity index (χ3n) is 5.32. The average molecular weight is 316 g/mol. The molecule has 23 heavy (non-hydrogen) atoms. The van der Waals surface area contributed by atoms with E-state index in [1.165, 1.54) is 12.8 Å². The smallest absolute Gasteiger partial charge is 0.274 e. The summed E-state index contributed by atoms with van der Waals surface area (Å²) >= 11 is 0. The van der Waals surface area contributed by atoms with Crippen LogP contribution in [0.1, 0.15) is 48.3 Å². The molecule has 0 radical (unpaired) electrons. The second-order valence-electron chi connectivity index (χ2n) is 7.12. The predicted octanol–water partition coefficient (Wildman–Crippen LogP) is 1.21. The molecule has 0 spiro atoms. The van der Waals surface area contributed by atoms with Crippen LogP contribution < -0.4 is 5.32 Å². The summed E-state index contributed by atoms with van der Waals surface area (Å²) in [6, 6.07) is 0. The lowest BCUT2D eigenvalue weighted by Gasteiger charge is -2.24. The Labute approximate surface area is 136 Å². The Kier molecular flexibility index (Phi) is 3.83. The van der Waals surface area contributed by atoms with Crippen molar-refractivity contribution in [1.82, 2.24) is 19.8 Å². The summed E-state index contributed by atoms with van der Waals surface area (Å²) in [5, 5.41) is 3.07. The highest BCUT2D eigenvalue weighted by molar-refractivity contribution is 5.93. The van der Waals surface area contributed by atoms with E-state index in [-0.39, 0.29) is 17.7 Å². The van der Waals surface area contributed by atoms with Crippen molar-refractivity contribution >= 4 is 11.8 Å². The molecule has 1 N–H and O–H groups in total. The van der Waals surface area contributed by atoms with Crippen LogP contribution in [0.3, 0.4) is 0 Å². The van der Waals surface area contributed by atoms with Gasteiger partial charge in [0.1, 0.15) is 5.69 Å². The maximum absolute atomic E-state index is 12.6. The molecule has 1 aromatic heterocycles. The number of fused-ring (bicyclic) bond motifs is 1. The van der Waals surface area contributed by atoms with E-state index in [9.17, 15) is 9.59 Å². The molecule has 1 aliphatic carbocycles. The molecule has 3 heterocycles. The van der Waals surface area contributed by atoms with E-state index in [1.54, 1.807) is 6.33 Å². The van der Waals surface area contributed by atoms with E-state index in [4.69, 9.17) is 0 Å². The minimum Gasteiger partial charge on any atom is -0.356 e. The first-order valence-corrected chi connectivity index (χ1v) is 8.83. The number of carbonyl (C=O) groups excluding carboxylic acids is 2. The van der Waals surface area contributed by atoms with Crippen molar-refractivity contribution < 1.29 is 9.59 Å². The molecule has 1 aromatic rings. The maximum atomic E-state index is 12.6. The number of hydrogen-bond acceptors (Lipinski definition) is 3. The molecule has 2 amide bonds. The van der Waals surface area contributed by atoms with E-state index in [1.807, 2.05) is 9.47 Å². The van der Waals surface area contributed by atoms with E-state index >= 15 is 0 Å². The number of aromatic nitrogens is 2. The quantitative estimate of drug-likeness (QED) is 0.908. The topological polar surface area (TPSA) is 67.2 Å². The number of imidazole rings is 1. The molecule has 1 unspecified atom stereocenters. The highest BCUT2D eigenvalue weighted by Gasteiger charge is 2.31. The van der Waals surface area contributed by atoms with Gasteiger partial charge in [0.25, 0.3) is 5.91 Å². The fourth-order valence-electron chi connectivity index (χ4n) is 3.64. The van der Waals surface area contributed by atoms with E-state index in [0.29, 0.717) is 18.2 Å². The third kappa shape index (κ3) is 2.99. The molecule has 1 saturated carbocycles. The van der Waals surface area contributed by atoms with Crippen LogP contribution >= 0.6 is 0 Å². The number of amides is 2. The van der Waals surface area contributed by atoms with Crippen LogP contribution in [0.2, 0.25) is 0 Å². The molecule has 2 aliphatic heterocycles. The SMILES string of the molecule is O=C(NCC1CC1)C1CCc2c(C(=O)N3CCCC3)ncn2C1. The Morgan fingerprint density at radius 2 is 2.00 bits per heavy atom. The highest BCUT2D eigenvalue weighted by atomic mass is 16.2. The Balaban J connectivity index is 1.42. The van der Waals surface area contributed by atoms with Crippen molar-refractivity contribution in [3.8, 4) is 0 Å². The number of likely N-dealkylation sites (tertiary alicyclic amines) is 1. The van der Waals surface area contributed by atoms with Gasteiger partial charge in [0.15, 0.2) is 0 Å². The van der Waals surface area contributed by atoms with Crippen molar-refractivity contribution in [3.63, 3.8) is 0 Å². The number of hydrogen-bond donors (Lipinski definition) is 1. The lowest BCUT2D eigenvalue weighted by atomic mass is 9.96. The van der Waals surface area contributed by atoms with Gasteiger partial charge in [-0.3, -0.25) is 9.59 Å². The second kappa shape index (κ2) is 5.98. The van der Waals surface area contributed by atoms with Gasteiger partial charge in [-0.25, -0.2) is 4.98 Å². The van der Waals surface area contributed by atoms with Crippen LogP contribution in [0.5, 0.6) is 0 Å².